The number of hydrogen-bond acceptors (Lipinski definition) is 2. The average Bonchev–Trinajstić information content (AvgIpc) is 2.41. The predicted molar refractivity (Wildman–Crippen MR) is 89.9 cm³/mol. The Morgan fingerprint density at radius 1 is 1.05 bits per heavy atom. The first-order valence-corrected chi connectivity index (χ1v) is 6.91. The highest BCUT2D eigenvalue weighted by molar-refractivity contribution is 7.80. The van der Waals surface area contributed by atoms with Crippen molar-refractivity contribution in [1.82, 2.24) is 5.43 Å². The van der Waals surface area contributed by atoms with Gasteiger partial charge in [-0.1, -0.05) is 41.4 Å². The Kier molecular flexibility index (Phi) is 5.35. The second-order valence-corrected chi connectivity index (χ2v) is 5.17. The molecule has 0 saturated carbocycles. The molecule has 0 aliphatic rings. The van der Waals surface area contributed by atoms with Crippen LogP contribution in [0.15, 0.2) is 53.6 Å². The van der Waals surface area contributed by atoms with E-state index in [1.165, 1.54) is 0 Å². The van der Waals surface area contributed by atoms with E-state index in [-0.39, 0.29) is 0 Å². The van der Waals surface area contributed by atoms with E-state index >= 15 is 0 Å². The molecular formula is C14H11Cl2N3S. The number of thiocarbonyl (C=S) groups is 1. The van der Waals surface area contributed by atoms with Crippen LogP contribution in [0.3, 0.4) is 0 Å². The van der Waals surface area contributed by atoms with Crippen molar-refractivity contribution in [2.75, 3.05) is 5.32 Å². The standard InChI is InChI=1S/C14H11Cl2N3S/c15-11-6-4-10(5-7-11)9-17-19-14(20)18-13-3-1-2-12(16)8-13/h1-9H,(H2,18,19,20). The summed E-state index contributed by atoms with van der Waals surface area (Å²) in [7, 11) is 0. The van der Waals surface area contributed by atoms with Crippen molar-refractivity contribution in [2.45, 2.75) is 0 Å². The minimum atomic E-state index is 0.387. The highest BCUT2D eigenvalue weighted by atomic mass is 35.5. The second-order valence-electron chi connectivity index (χ2n) is 3.89. The van der Waals surface area contributed by atoms with Crippen LogP contribution >= 0.6 is 35.4 Å². The number of nitrogens with zero attached hydrogens (tertiary/aromatic N) is 1. The van der Waals surface area contributed by atoms with E-state index in [0.717, 1.165) is 11.3 Å². The van der Waals surface area contributed by atoms with Crippen molar-refractivity contribution in [2.24, 2.45) is 5.10 Å². The van der Waals surface area contributed by atoms with Crippen molar-refractivity contribution in [3.05, 3.63) is 64.1 Å². The number of halogens is 2. The van der Waals surface area contributed by atoms with Crippen molar-refractivity contribution < 1.29 is 0 Å². The number of hydrogen-bond donors (Lipinski definition) is 2. The Bertz CT molecular complexity index is 627. The maximum atomic E-state index is 5.88. The third-order valence-corrected chi connectivity index (χ3v) is 3.01. The van der Waals surface area contributed by atoms with Gasteiger partial charge >= 0.3 is 0 Å². The van der Waals surface area contributed by atoms with Gasteiger partial charge in [-0.05, 0) is 48.1 Å². The summed E-state index contributed by atoms with van der Waals surface area (Å²) in [5.41, 5.74) is 4.45. The lowest BCUT2D eigenvalue weighted by molar-refractivity contribution is 1.05. The third-order valence-electron chi connectivity index (χ3n) is 2.33. The molecule has 2 N–H and O–H groups in total. The summed E-state index contributed by atoms with van der Waals surface area (Å²) < 4.78 is 0. The van der Waals surface area contributed by atoms with Crippen molar-refractivity contribution in [3.8, 4) is 0 Å². The summed E-state index contributed by atoms with van der Waals surface area (Å²) in [6.45, 7) is 0. The van der Waals surface area contributed by atoms with Crippen LogP contribution in [0.2, 0.25) is 10.0 Å². The van der Waals surface area contributed by atoms with Gasteiger partial charge in [0.25, 0.3) is 0 Å². The molecule has 0 aliphatic carbocycles. The Balaban J connectivity index is 1.87. The van der Waals surface area contributed by atoms with Crippen LogP contribution in [0.25, 0.3) is 0 Å². The molecule has 0 heterocycles. The Morgan fingerprint density at radius 2 is 1.80 bits per heavy atom. The van der Waals surface area contributed by atoms with Gasteiger partial charge in [0, 0.05) is 15.7 Å². The molecule has 3 nitrogen and oxygen atoms in total. The average molecular weight is 324 g/mol. The summed E-state index contributed by atoms with van der Waals surface area (Å²) >= 11 is 16.8. The molecule has 0 bridgehead atoms. The quantitative estimate of drug-likeness (QED) is 0.502. The zero-order valence-corrected chi connectivity index (χ0v) is 12.6. The van der Waals surface area contributed by atoms with E-state index < -0.39 is 0 Å². The third kappa shape index (κ3) is 4.81. The minimum Gasteiger partial charge on any atom is -0.331 e. The van der Waals surface area contributed by atoms with Gasteiger partial charge in [0.15, 0.2) is 5.11 Å². The van der Waals surface area contributed by atoms with Gasteiger partial charge < -0.3 is 5.32 Å². The first-order chi connectivity index (χ1) is 9.63. The lowest BCUT2D eigenvalue weighted by atomic mass is 10.2. The number of nitrogens with one attached hydrogen (secondary N) is 2. The number of anilines is 1. The van der Waals surface area contributed by atoms with Crippen molar-refractivity contribution in [1.29, 1.82) is 0 Å². The highest BCUT2D eigenvalue weighted by Gasteiger charge is 1.96. The first kappa shape index (κ1) is 14.8. The molecule has 2 rings (SSSR count). The van der Waals surface area contributed by atoms with Crippen molar-refractivity contribution >= 4 is 52.4 Å². The van der Waals surface area contributed by atoms with E-state index in [9.17, 15) is 0 Å². The van der Waals surface area contributed by atoms with Crippen LogP contribution in [0.1, 0.15) is 5.56 Å². The van der Waals surface area contributed by atoms with Gasteiger partial charge in [0.2, 0.25) is 0 Å². The maximum Gasteiger partial charge on any atom is 0.191 e. The first-order valence-electron chi connectivity index (χ1n) is 5.75. The number of hydrazone groups is 1. The molecule has 0 fully saturated rings. The molecular weight excluding hydrogens is 313 g/mol. The molecule has 0 aromatic heterocycles. The molecule has 2 aromatic rings. The molecule has 0 aliphatic heterocycles. The van der Waals surface area contributed by atoms with Crippen LogP contribution in [-0.2, 0) is 0 Å². The summed E-state index contributed by atoms with van der Waals surface area (Å²) in [4.78, 5) is 0. The minimum absolute atomic E-state index is 0.387. The van der Waals surface area contributed by atoms with E-state index in [0.29, 0.717) is 15.2 Å². The van der Waals surface area contributed by atoms with Crippen LogP contribution < -0.4 is 10.7 Å². The zero-order chi connectivity index (χ0) is 14.4. The SMILES string of the molecule is S=C(NN=Cc1ccc(Cl)cc1)Nc1cccc(Cl)c1. The fourth-order valence-electron chi connectivity index (χ4n) is 1.44. The monoisotopic (exact) mass is 323 g/mol. The van der Waals surface area contributed by atoms with Crippen LogP contribution in [0.4, 0.5) is 5.69 Å². The molecule has 0 atom stereocenters. The van der Waals surface area contributed by atoms with Crippen molar-refractivity contribution in [3.63, 3.8) is 0 Å². The predicted octanol–water partition coefficient (Wildman–Crippen LogP) is 4.31. The van der Waals surface area contributed by atoms with Crippen LogP contribution in [-0.4, -0.2) is 11.3 Å². The Morgan fingerprint density at radius 3 is 2.50 bits per heavy atom. The van der Waals surface area contributed by atoms with Crippen LogP contribution in [0.5, 0.6) is 0 Å². The molecule has 0 spiro atoms. The van der Waals surface area contributed by atoms with E-state index in [2.05, 4.69) is 15.8 Å². The molecule has 6 heteroatoms. The normalized spacial score (nSPS) is 10.5. The van der Waals surface area contributed by atoms with Gasteiger partial charge in [-0.3, -0.25) is 5.43 Å². The number of rotatable bonds is 3. The van der Waals surface area contributed by atoms with E-state index in [1.54, 1.807) is 30.5 Å². The molecule has 0 saturated heterocycles. The van der Waals surface area contributed by atoms with Gasteiger partial charge in [0.05, 0.1) is 6.21 Å². The molecule has 2 aromatic carbocycles. The Hall–Kier alpha value is -1.62. The van der Waals surface area contributed by atoms with E-state index in [1.807, 2.05) is 24.3 Å². The van der Waals surface area contributed by atoms with Crippen LogP contribution in [0, 0.1) is 0 Å². The summed E-state index contributed by atoms with van der Waals surface area (Å²) in [5, 5.41) is 8.73. The molecule has 20 heavy (non-hydrogen) atoms. The Labute approximate surface area is 132 Å². The molecule has 0 radical (unpaired) electrons. The fraction of sp³-hybridized carbons (Fsp3) is 0. The molecule has 102 valence electrons. The lowest BCUT2D eigenvalue weighted by Crippen LogP contribution is -2.23. The summed E-state index contributed by atoms with van der Waals surface area (Å²) in [5.74, 6) is 0. The van der Waals surface area contributed by atoms with Gasteiger partial charge in [-0.25, -0.2) is 0 Å². The van der Waals surface area contributed by atoms with Gasteiger partial charge in [0.1, 0.15) is 0 Å². The van der Waals surface area contributed by atoms with Gasteiger partial charge in [-0.15, -0.1) is 0 Å². The largest absolute Gasteiger partial charge is 0.331 e. The number of benzene rings is 2. The maximum absolute atomic E-state index is 5.88. The molecule has 0 unspecified atom stereocenters. The fourth-order valence-corrected chi connectivity index (χ4v) is 1.93. The summed E-state index contributed by atoms with van der Waals surface area (Å²) in [6.07, 6.45) is 1.66. The second kappa shape index (κ2) is 7.24. The topological polar surface area (TPSA) is 36.4 Å². The smallest absolute Gasteiger partial charge is 0.191 e. The molecule has 0 amide bonds. The van der Waals surface area contributed by atoms with E-state index in [4.69, 9.17) is 35.4 Å². The summed E-state index contributed by atoms with van der Waals surface area (Å²) in [6, 6.07) is 14.6. The highest BCUT2D eigenvalue weighted by Crippen LogP contribution is 2.14. The zero-order valence-electron chi connectivity index (χ0n) is 10.3. The van der Waals surface area contributed by atoms with Gasteiger partial charge in [-0.2, -0.15) is 5.10 Å². The lowest BCUT2D eigenvalue weighted by Gasteiger charge is -2.06.